The first-order valence-corrected chi connectivity index (χ1v) is 7.49. The summed E-state index contributed by atoms with van der Waals surface area (Å²) in [6.07, 6.45) is 9.88. The van der Waals surface area contributed by atoms with Gasteiger partial charge in [-0.3, -0.25) is 4.79 Å². The first kappa shape index (κ1) is 13.3. The molecule has 0 atom stereocenters. The minimum absolute atomic E-state index is 0.0815. The van der Waals surface area contributed by atoms with Crippen LogP contribution in [0.5, 0.6) is 0 Å². The van der Waals surface area contributed by atoms with Crippen molar-refractivity contribution in [3.8, 4) is 0 Å². The molecule has 1 fully saturated rings. The highest BCUT2D eigenvalue weighted by molar-refractivity contribution is 7.99. The normalized spacial score (nSPS) is 16.4. The van der Waals surface area contributed by atoms with E-state index in [0.29, 0.717) is 16.8 Å². The fraction of sp³-hybridized carbons (Fsp3) is 0.615. The SMILES string of the molecule is O=C(CSc1ncccn1)NCC1CCCCC1. The van der Waals surface area contributed by atoms with Gasteiger partial charge in [0, 0.05) is 18.9 Å². The van der Waals surface area contributed by atoms with E-state index in [1.807, 2.05) is 0 Å². The highest BCUT2D eigenvalue weighted by atomic mass is 32.2. The second-order valence-electron chi connectivity index (χ2n) is 4.63. The van der Waals surface area contributed by atoms with Crippen LogP contribution in [-0.4, -0.2) is 28.2 Å². The fourth-order valence-corrected chi connectivity index (χ4v) is 2.82. The molecule has 1 N–H and O–H groups in total. The van der Waals surface area contributed by atoms with E-state index in [1.54, 1.807) is 18.5 Å². The third-order valence-electron chi connectivity index (χ3n) is 3.19. The summed E-state index contributed by atoms with van der Waals surface area (Å²) in [5.41, 5.74) is 0. The molecule has 1 aromatic heterocycles. The molecule has 0 radical (unpaired) electrons. The van der Waals surface area contributed by atoms with Crippen molar-refractivity contribution in [2.45, 2.75) is 37.3 Å². The monoisotopic (exact) mass is 265 g/mol. The van der Waals surface area contributed by atoms with Gasteiger partial charge in [-0.05, 0) is 24.8 Å². The third-order valence-corrected chi connectivity index (χ3v) is 4.06. The molecular formula is C13H19N3OS. The molecule has 4 nitrogen and oxygen atoms in total. The van der Waals surface area contributed by atoms with Crippen LogP contribution in [0.4, 0.5) is 0 Å². The number of aromatic nitrogens is 2. The number of nitrogens with one attached hydrogen (secondary N) is 1. The average molecular weight is 265 g/mol. The van der Waals surface area contributed by atoms with E-state index < -0.39 is 0 Å². The molecule has 0 bridgehead atoms. The topological polar surface area (TPSA) is 54.9 Å². The molecule has 1 amide bonds. The van der Waals surface area contributed by atoms with Gasteiger partial charge in [0.1, 0.15) is 0 Å². The fourth-order valence-electron chi connectivity index (χ4n) is 2.19. The Morgan fingerprint density at radius 1 is 1.28 bits per heavy atom. The number of carbonyl (C=O) groups is 1. The summed E-state index contributed by atoms with van der Waals surface area (Å²) >= 11 is 1.38. The average Bonchev–Trinajstić information content (AvgIpc) is 2.45. The predicted octanol–water partition coefficient (Wildman–Crippen LogP) is 2.27. The van der Waals surface area contributed by atoms with Crippen LogP contribution >= 0.6 is 11.8 Å². The Labute approximate surface area is 112 Å². The van der Waals surface area contributed by atoms with Crippen molar-refractivity contribution >= 4 is 17.7 Å². The van der Waals surface area contributed by atoms with Crippen molar-refractivity contribution < 1.29 is 4.79 Å². The molecule has 1 aliphatic carbocycles. The highest BCUT2D eigenvalue weighted by Gasteiger charge is 2.14. The van der Waals surface area contributed by atoms with E-state index >= 15 is 0 Å². The molecule has 0 spiro atoms. The zero-order valence-electron chi connectivity index (χ0n) is 10.5. The second kappa shape index (κ2) is 7.36. The summed E-state index contributed by atoms with van der Waals surface area (Å²) in [6.45, 7) is 0.828. The van der Waals surface area contributed by atoms with E-state index in [0.717, 1.165) is 6.54 Å². The first-order valence-electron chi connectivity index (χ1n) is 6.51. The van der Waals surface area contributed by atoms with Gasteiger partial charge >= 0.3 is 0 Å². The molecule has 0 saturated heterocycles. The summed E-state index contributed by atoms with van der Waals surface area (Å²) in [7, 11) is 0. The maximum Gasteiger partial charge on any atom is 0.230 e. The minimum atomic E-state index is 0.0815. The number of rotatable bonds is 5. The molecule has 1 aliphatic rings. The van der Waals surface area contributed by atoms with E-state index in [2.05, 4.69) is 15.3 Å². The van der Waals surface area contributed by atoms with Crippen molar-refractivity contribution in [2.75, 3.05) is 12.3 Å². The summed E-state index contributed by atoms with van der Waals surface area (Å²) in [5.74, 6) is 1.16. The lowest BCUT2D eigenvalue weighted by molar-refractivity contribution is -0.118. The van der Waals surface area contributed by atoms with Gasteiger partial charge < -0.3 is 5.32 Å². The van der Waals surface area contributed by atoms with E-state index in [9.17, 15) is 4.79 Å². The van der Waals surface area contributed by atoms with Gasteiger partial charge in [-0.2, -0.15) is 0 Å². The molecule has 1 heterocycles. The Kier molecular flexibility index (Phi) is 5.45. The number of nitrogens with zero attached hydrogens (tertiary/aromatic N) is 2. The van der Waals surface area contributed by atoms with Gasteiger partial charge in [-0.15, -0.1) is 0 Å². The van der Waals surface area contributed by atoms with E-state index in [4.69, 9.17) is 0 Å². The van der Waals surface area contributed by atoms with Crippen LogP contribution in [-0.2, 0) is 4.79 Å². The van der Waals surface area contributed by atoms with Crippen LogP contribution in [0.2, 0.25) is 0 Å². The second-order valence-corrected chi connectivity index (χ2v) is 5.57. The summed E-state index contributed by atoms with van der Waals surface area (Å²) in [6, 6.07) is 1.77. The first-order chi connectivity index (χ1) is 8.84. The number of carbonyl (C=O) groups excluding carboxylic acids is 1. The quantitative estimate of drug-likeness (QED) is 0.655. The Morgan fingerprint density at radius 3 is 2.72 bits per heavy atom. The smallest absolute Gasteiger partial charge is 0.230 e. The van der Waals surface area contributed by atoms with Gasteiger partial charge in [0.25, 0.3) is 0 Å². The number of thioether (sulfide) groups is 1. The number of hydrogen-bond donors (Lipinski definition) is 1. The van der Waals surface area contributed by atoms with Crippen molar-refractivity contribution in [2.24, 2.45) is 5.92 Å². The Balaban J connectivity index is 1.63. The van der Waals surface area contributed by atoms with Gasteiger partial charge in [0.15, 0.2) is 5.16 Å². The summed E-state index contributed by atoms with van der Waals surface area (Å²) in [5, 5.41) is 3.66. The summed E-state index contributed by atoms with van der Waals surface area (Å²) in [4.78, 5) is 19.8. The number of hydrogen-bond acceptors (Lipinski definition) is 4. The molecule has 0 unspecified atom stereocenters. The largest absolute Gasteiger partial charge is 0.355 e. The lowest BCUT2D eigenvalue weighted by Gasteiger charge is -2.21. The van der Waals surface area contributed by atoms with Gasteiger partial charge in [-0.25, -0.2) is 9.97 Å². The van der Waals surface area contributed by atoms with Crippen molar-refractivity contribution in [3.05, 3.63) is 18.5 Å². The van der Waals surface area contributed by atoms with E-state index in [1.165, 1.54) is 43.9 Å². The molecular weight excluding hydrogens is 246 g/mol. The number of amides is 1. The van der Waals surface area contributed by atoms with Crippen LogP contribution in [0, 0.1) is 5.92 Å². The standard InChI is InChI=1S/C13H19N3OS/c17-12(10-18-13-14-7-4-8-15-13)16-9-11-5-2-1-3-6-11/h4,7-8,11H,1-3,5-6,9-10H2,(H,16,17). The minimum Gasteiger partial charge on any atom is -0.355 e. The van der Waals surface area contributed by atoms with Gasteiger partial charge in [0.05, 0.1) is 5.75 Å². The Hall–Kier alpha value is -1.10. The molecule has 5 heteroatoms. The molecule has 0 aliphatic heterocycles. The Morgan fingerprint density at radius 2 is 2.00 bits per heavy atom. The molecule has 2 rings (SSSR count). The van der Waals surface area contributed by atoms with Crippen LogP contribution in [0.25, 0.3) is 0 Å². The van der Waals surface area contributed by atoms with Crippen LogP contribution in [0.1, 0.15) is 32.1 Å². The molecule has 98 valence electrons. The van der Waals surface area contributed by atoms with Crippen LogP contribution in [0.3, 0.4) is 0 Å². The van der Waals surface area contributed by atoms with Crippen LogP contribution < -0.4 is 5.32 Å². The molecule has 1 aromatic rings. The molecule has 0 aromatic carbocycles. The Bertz CT molecular complexity index is 366. The van der Waals surface area contributed by atoms with Crippen molar-refractivity contribution in [1.29, 1.82) is 0 Å². The maximum absolute atomic E-state index is 11.7. The zero-order valence-corrected chi connectivity index (χ0v) is 11.3. The zero-order chi connectivity index (χ0) is 12.6. The van der Waals surface area contributed by atoms with Gasteiger partial charge in [-0.1, -0.05) is 31.0 Å². The van der Waals surface area contributed by atoms with E-state index in [-0.39, 0.29) is 5.91 Å². The summed E-state index contributed by atoms with van der Waals surface area (Å²) < 4.78 is 0. The van der Waals surface area contributed by atoms with Crippen molar-refractivity contribution in [1.82, 2.24) is 15.3 Å². The highest BCUT2D eigenvalue weighted by Crippen LogP contribution is 2.22. The molecule has 1 saturated carbocycles. The van der Waals surface area contributed by atoms with Crippen molar-refractivity contribution in [3.63, 3.8) is 0 Å². The lowest BCUT2D eigenvalue weighted by atomic mass is 9.89. The van der Waals surface area contributed by atoms with Crippen LogP contribution in [0.15, 0.2) is 23.6 Å². The third kappa shape index (κ3) is 4.64. The maximum atomic E-state index is 11.7. The lowest BCUT2D eigenvalue weighted by Crippen LogP contribution is -2.31. The van der Waals surface area contributed by atoms with Gasteiger partial charge in [0.2, 0.25) is 5.91 Å². The molecule has 18 heavy (non-hydrogen) atoms. The predicted molar refractivity (Wildman–Crippen MR) is 72.3 cm³/mol.